The van der Waals surface area contributed by atoms with Crippen LogP contribution in [0.4, 0.5) is 5.69 Å². The average Bonchev–Trinajstić information content (AvgIpc) is 2.61. The summed E-state index contributed by atoms with van der Waals surface area (Å²) >= 11 is 0. The molecule has 0 saturated heterocycles. The van der Waals surface area contributed by atoms with E-state index in [1.807, 2.05) is 32.9 Å². The fourth-order valence-corrected chi connectivity index (χ4v) is 2.55. The number of hydrogen-bond acceptors (Lipinski definition) is 5. The zero-order chi connectivity index (χ0) is 19.1. The highest BCUT2D eigenvalue weighted by atomic mass is 16.6. The lowest BCUT2D eigenvalue weighted by Crippen LogP contribution is -2.24. The molecule has 138 valence electrons. The molecule has 0 radical (unpaired) electrons. The highest BCUT2D eigenvalue weighted by molar-refractivity contribution is 5.94. The molecule has 0 aliphatic carbocycles. The number of methoxy groups -OCH3 is 1. The summed E-state index contributed by atoms with van der Waals surface area (Å²) in [6, 6.07) is 10.8. The van der Waals surface area contributed by atoms with Crippen molar-refractivity contribution in [1.29, 1.82) is 0 Å². The van der Waals surface area contributed by atoms with Crippen LogP contribution in [0, 0.1) is 20.8 Å². The number of amides is 1. The van der Waals surface area contributed by atoms with E-state index in [1.165, 1.54) is 0 Å². The fraction of sp³-hybridized carbons (Fsp3) is 0.300. The van der Waals surface area contributed by atoms with Gasteiger partial charge < -0.3 is 19.5 Å². The van der Waals surface area contributed by atoms with E-state index >= 15 is 0 Å². The highest BCUT2D eigenvalue weighted by Crippen LogP contribution is 2.21. The van der Waals surface area contributed by atoms with E-state index in [9.17, 15) is 9.59 Å². The van der Waals surface area contributed by atoms with Gasteiger partial charge in [-0.15, -0.1) is 0 Å². The average molecular weight is 357 g/mol. The second-order valence-electron chi connectivity index (χ2n) is 5.95. The highest BCUT2D eigenvalue weighted by Gasteiger charge is 2.11. The lowest BCUT2D eigenvalue weighted by atomic mass is 10.1. The van der Waals surface area contributed by atoms with Crippen molar-refractivity contribution in [2.45, 2.75) is 20.8 Å². The topological polar surface area (TPSA) is 73.9 Å². The first-order valence-electron chi connectivity index (χ1n) is 8.19. The van der Waals surface area contributed by atoms with Crippen LogP contribution in [0.25, 0.3) is 0 Å². The Morgan fingerprint density at radius 1 is 0.923 bits per heavy atom. The van der Waals surface area contributed by atoms with Crippen molar-refractivity contribution in [3.8, 4) is 11.5 Å². The zero-order valence-electron chi connectivity index (χ0n) is 15.4. The van der Waals surface area contributed by atoms with E-state index in [0.717, 1.165) is 22.4 Å². The van der Waals surface area contributed by atoms with Crippen LogP contribution in [0.5, 0.6) is 11.5 Å². The summed E-state index contributed by atoms with van der Waals surface area (Å²) in [6.45, 7) is 5.20. The van der Waals surface area contributed by atoms with Gasteiger partial charge >= 0.3 is 5.97 Å². The Balaban J connectivity index is 1.78. The molecule has 2 aromatic carbocycles. The first kappa shape index (κ1) is 19.3. The van der Waals surface area contributed by atoms with Crippen molar-refractivity contribution in [1.82, 2.24) is 0 Å². The molecule has 0 bridgehead atoms. The summed E-state index contributed by atoms with van der Waals surface area (Å²) in [5.41, 5.74) is 3.79. The van der Waals surface area contributed by atoms with Gasteiger partial charge in [-0.05, 0) is 56.2 Å². The number of ether oxygens (including phenoxy) is 3. The molecule has 0 unspecified atom stereocenters. The Kier molecular flexibility index (Phi) is 6.60. The summed E-state index contributed by atoms with van der Waals surface area (Å²) in [4.78, 5) is 23.7. The van der Waals surface area contributed by atoms with E-state index in [2.05, 4.69) is 5.32 Å². The number of carbonyl (C=O) groups excluding carboxylic acids is 2. The first-order valence-corrected chi connectivity index (χ1v) is 8.19. The molecule has 6 nitrogen and oxygen atoms in total. The maximum atomic E-state index is 12.0. The number of anilines is 1. The molecule has 0 spiro atoms. The second kappa shape index (κ2) is 8.89. The fourth-order valence-electron chi connectivity index (χ4n) is 2.55. The van der Waals surface area contributed by atoms with Crippen LogP contribution < -0.4 is 14.8 Å². The van der Waals surface area contributed by atoms with E-state index in [0.29, 0.717) is 11.5 Å². The Morgan fingerprint density at radius 2 is 1.50 bits per heavy atom. The van der Waals surface area contributed by atoms with Crippen molar-refractivity contribution in [3.05, 3.63) is 53.1 Å². The van der Waals surface area contributed by atoms with Gasteiger partial charge in [0.25, 0.3) is 5.91 Å². The molecule has 0 heterocycles. The predicted molar refractivity (Wildman–Crippen MR) is 98.7 cm³/mol. The largest absolute Gasteiger partial charge is 0.497 e. The van der Waals surface area contributed by atoms with Gasteiger partial charge in [-0.2, -0.15) is 0 Å². The number of aryl methyl sites for hydroxylation is 3. The number of rotatable bonds is 7. The van der Waals surface area contributed by atoms with Crippen molar-refractivity contribution in [2.24, 2.45) is 0 Å². The van der Waals surface area contributed by atoms with Gasteiger partial charge in [0, 0.05) is 5.69 Å². The SMILES string of the molecule is COc1ccc(OCC(=O)OCC(=O)Nc2c(C)cc(C)cc2C)cc1. The maximum absolute atomic E-state index is 12.0. The molecule has 0 aromatic heterocycles. The summed E-state index contributed by atoms with van der Waals surface area (Å²) < 4.78 is 15.3. The molecule has 2 aromatic rings. The van der Waals surface area contributed by atoms with E-state index in [-0.39, 0.29) is 13.2 Å². The summed E-state index contributed by atoms with van der Waals surface area (Å²) in [5.74, 6) is 0.197. The minimum Gasteiger partial charge on any atom is -0.497 e. The molecule has 0 aliphatic heterocycles. The minimum atomic E-state index is -0.617. The Morgan fingerprint density at radius 3 is 2.08 bits per heavy atom. The molecule has 0 fully saturated rings. The number of esters is 1. The maximum Gasteiger partial charge on any atom is 0.344 e. The molecular weight excluding hydrogens is 334 g/mol. The van der Waals surface area contributed by atoms with Crippen molar-refractivity contribution < 1.29 is 23.8 Å². The normalized spacial score (nSPS) is 10.2. The van der Waals surface area contributed by atoms with Gasteiger partial charge in [0.1, 0.15) is 11.5 Å². The third-order valence-corrected chi connectivity index (χ3v) is 3.72. The third-order valence-electron chi connectivity index (χ3n) is 3.72. The van der Waals surface area contributed by atoms with Gasteiger partial charge in [-0.25, -0.2) is 4.79 Å². The van der Waals surface area contributed by atoms with Crippen LogP contribution in [-0.2, 0) is 14.3 Å². The molecule has 1 N–H and O–H groups in total. The van der Waals surface area contributed by atoms with E-state index in [1.54, 1.807) is 31.4 Å². The molecular formula is C20H23NO5. The predicted octanol–water partition coefficient (Wildman–Crippen LogP) is 3.18. The molecule has 2 rings (SSSR count). The molecule has 0 atom stereocenters. The van der Waals surface area contributed by atoms with Gasteiger partial charge in [-0.1, -0.05) is 17.7 Å². The quantitative estimate of drug-likeness (QED) is 0.771. The van der Waals surface area contributed by atoms with Crippen molar-refractivity contribution >= 4 is 17.6 Å². The van der Waals surface area contributed by atoms with Crippen molar-refractivity contribution in [3.63, 3.8) is 0 Å². The summed E-state index contributed by atoms with van der Waals surface area (Å²) in [6.07, 6.45) is 0. The zero-order valence-corrected chi connectivity index (χ0v) is 15.4. The summed E-state index contributed by atoms with van der Waals surface area (Å²) in [7, 11) is 1.57. The van der Waals surface area contributed by atoms with Crippen LogP contribution in [0.1, 0.15) is 16.7 Å². The number of nitrogens with one attached hydrogen (secondary N) is 1. The first-order chi connectivity index (χ1) is 12.4. The molecule has 0 aliphatic rings. The number of hydrogen-bond donors (Lipinski definition) is 1. The van der Waals surface area contributed by atoms with Gasteiger partial charge in [0.2, 0.25) is 0 Å². The molecule has 0 saturated carbocycles. The van der Waals surface area contributed by atoms with E-state index in [4.69, 9.17) is 14.2 Å². The lowest BCUT2D eigenvalue weighted by molar-refractivity contribution is -0.149. The molecule has 1 amide bonds. The van der Waals surface area contributed by atoms with Crippen LogP contribution in [0.15, 0.2) is 36.4 Å². The minimum absolute atomic E-state index is 0.276. The van der Waals surface area contributed by atoms with Crippen LogP contribution in [0.3, 0.4) is 0 Å². The van der Waals surface area contributed by atoms with Crippen LogP contribution >= 0.6 is 0 Å². The van der Waals surface area contributed by atoms with Crippen LogP contribution in [-0.4, -0.2) is 32.2 Å². The van der Waals surface area contributed by atoms with Gasteiger partial charge in [0.15, 0.2) is 13.2 Å². The summed E-state index contributed by atoms with van der Waals surface area (Å²) in [5, 5.41) is 2.78. The van der Waals surface area contributed by atoms with Gasteiger partial charge in [-0.3, -0.25) is 4.79 Å². The van der Waals surface area contributed by atoms with E-state index < -0.39 is 11.9 Å². The Labute approximate surface area is 153 Å². The van der Waals surface area contributed by atoms with Crippen LogP contribution in [0.2, 0.25) is 0 Å². The monoisotopic (exact) mass is 357 g/mol. The lowest BCUT2D eigenvalue weighted by Gasteiger charge is -2.13. The third kappa shape index (κ3) is 5.51. The Hall–Kier alpha value is -3.02. The standard InChI is InChI=1S/C20H23NO5/c1-13-9-14(2)20(15(3)10-13)21-18(22)11-26-19(23)12-25-17-7-5-16(24-4)6-8-17/h5-10H,11-12H2,1-4H3,(H,21,22). The number of benzene rings is 2. The van der Waals surface area contributed by atoms with Crippen molar-refractivity contribution in [2.75, 3.05) is 25.6 Å². The van der Waals surface area contributed by atoms with Gasteiger partial charge in [0.05, 0.1) is 7.11 Å². The number of carbonyl (C=O) groups is 2. The Bertz CT molecular complexity index is 760. The molecule has 6 heteroatoms. The second-order valence-corrected chi connectivity index (χ2v) is 5.95. The molecule has 26 heavy (non-hydrogen) atoms. The smallest absolute Gasteiger partial charge is 0.344 e.